The first-order valence-corrected chi connectivity index (χ1v) is 7.27. The Hall–Kier alpha value is -3.48. The lowest BCUT2D eigenvalue weighted by Crippen LogP contribution is -2.20. The SMILES string of the molecule is Cc1[nH]n(-c2ccccc2)c(=O)c1/C=N\NC(=O)c1cccnc1. The summed E-state index contributed by atoms with van der Waals surface area (Å²) >= 11 is 0. The van der Waals surface area contributed by atoms with Crippen molar-refractivity contribution in [2.75, 3.05) is 0 Å². The minimum atomic E-state index is -0.393. The maximum Gasteiger partial charge on any atom is 0.280 e. The van der Waals surface area contributed by atoms with Gasteiger partial charge < -0.3 is 0 Å². The minimum Gasteiger partial charge on any atom is -0.295 e. The van der Waals surface area contributed by atoms with Gasteiger partial charge in [-0.3, -0.25) is 19.7 Å². The summed E-state index contributed by atoms with van der Waals surface area (Å²) < 4.78 is 1.43. The van der Waals surface area contributed by atoms with Crippen molar-refractivity contribution in [3.63, 3.8) is 0 Å². The summed E-state index contributed by atoms with van der Waals surface area (Å²) in [6.45, 7) is 1.77. The van der Waals surface area contributed by atoms with E-state index in [1.165, 1.54) is 17.1 Å². The van der Waals surface area contributed by atoms with Crippen molar-refractivity contribution in [3.05, 3.63) is 82.0 Å². The summed E-state index contributed by atoms with van der Waals surface area (Å²) in [5.74, 6) is -0.393. The van der Waals surface area contributed by atoms with E-state index < -0.39 is 5.91 Å². The van der Waals surface area contributed by atoms with Crippen LogP contribution in [-0.4, -0.2) is 26.9 Å². The monoisotopic (exact) mass is 321 g/mol. The van der Waals surface area contributed by atoms with E-state index in [4.69, 9.17) is 0 Å². The van der Waals surface area contributed by atoms with E-state index in [1.54, 1.807) is 25.3 Å². The predicted octanol–water partition coefficient (Wildman–Crippen LogP) is 1.63. The number of hydrogen-bond acceptors (Lipinski definition) is 4. The van der Waals surface area contributed by atoms with Gasteiger partial charge in [-0.1, -0.05) is 18.2 Å². The average Bonchev–Trinajstić information content (AvgIpc) is 2.91. The highest BCUT2D eigenvalue weighted by molar-refractivity contribution is 5.94. The molecule has 7 nitrogen and oxygen atoms in total. The number of hydrazone groups is 1. The van der Waals surface area contributed by atoms with Crippen LogP contribution in [0.1, 0.15) is 21.6 Å². The third-order valence-corrected chi connectivity index (χ3v) is 3.41. The van der Waals surface area contributed by atoms with Crippen LogP contribution in [0.2, 0.25) is 0 Å². The van der Waals surface area contributed by atoms with E-state index in [-0.39, 0.29) is 5.56 Å². The van der Waals surface area contributed by atoms with Gasteiger partial charge in [0.1, 0.15) is 0 Å². The number of aromatic amines is 1. The number of benzene rings is 1. The number of nitrogens with zero attached hydrogens (tertiary/aromatic N) is 3. The molecule has 0 spiro atoms. The molecule has 2 heterocycles. The van der Waals surface area contributed by atoms with Crippen molar-refractivity contribution in [2.45, 2.75) is 6.92 Å². The third-order valence-electron chi connectivity index (χ3n) is 3.41. The smallest absolute Gasteiger partial charge is 0.280 e. The highest BCUT2D eigenvalue weighted by Crippen LogP contribution is 2.05. The molecule has 0 fully saturated rings. The topological polar surface area (TPSA) is 92.1 Å². The number of carbonyl (C=O) groups is 1. The lowest BCUT2D eigenvalue weighted by Gasteiger charge is -1.99. The van der Waals surface area contributed by atoms with Gasteiger partial charge in [-0.2, -0.15) is 5.10 Å². The molecule has 0 aliphatic rings. The van der Waals surface area contributed by atoms with E-state index in [0.717, 1.165) is 5.69 Å². The van der Waals surface area contributed by atoms with Crippen molar-refractivity contribution >= 4 is 12.1 Å². The maximum absolute atomic E-state index is 12.5. The summed E-state index contributed by atoms with van der Waals surface area (Å²) in [5.41, 5.74) is 4.29. The van der Waals surface area contributed by atoms with E-state index in [9.17, 15) is 9.59 Å². The average molecular weight is 321 g/mol. The van der Waals surface area contributed by atoms with Crippen LogP contribution >= 0.6 is 0 Å². The Kier molecular flexibility index (Phi) is 4.33. The quantitative estimate of drug-likeness (QED) is 0.565. The number of H-pyrrole nitrogens is 1. The van der Waals surface area contributed by atoms with Gasteiger partial charge in [-0.05, 0) is 31.2 Å². The Balaban J connectivity index is 1.80. The van der Waals surface area contributed by atoms with Crippen LogP contribution in [0, 0.1) is 6.92 Å². The third kappa shape index (κ3) is 3.14. The number of nitrogens with one attached hydrogen (secondary N) is 2. The van der Waals surface area contributed by atoms with Crippen molar-refractivity contribution in [3.8, 4) is 5.69 Å². The molecule has 0 aliphatic carbocycles. The standard InChI is InChI=1S/C17H15N5O2/c1-12-15(11-19-20-16(23)13-6-5-9-18-10-13)17(24)22(21-12)14-7-3-2-4-8-14/h2-11,21H,1H3,(H,20,23)/b19-11-. The predicted molar refractivity (Wildman–Crippen MR) is 90.4 cm³/mol. The van der Waals surface area contributed by atoms with Gasteiger partial charge in [-0.25, -0.2) is 10.1 Å². The maximum atomic E-state index is 12.5. The summed E-state index contributed by atoms with van der Waals surface area (Å²) in [4.78, 5) is 28.2. The molecule has 0 atom stereocenters. The number of pyridine rings is 1. The van der Waals surface area contributed by atoms with Gasteiger partial charge in [0.15, 0.2) is 0 Å². The number of amides is 1. The van der Waals surface area contributed by atoms with E-state index in [2.05, 4.69) is 20.6 Å². The molecule has 1 aromatic carbocycles. The molecular formula is C17H15N5O2. The molecule has 24 heavy (non-hydrogen) atoms. The van der Waals surface area contributed by atoms with Crippen molar-refractivity contribution in [1.82, 2.24) is 20.2 Å². The van der Waals surface area contributed by atoms with Crippen LogP contribution in [0.3, 0.4) is 0 Å². The van der Waals surface area contributed by atoms with Crippen molar-refractivity contribution < 1.29 is 4.79 Å². The lowest BCUT2D eigenvalue weighted by molar-refractivity contribution is 0.0955. The molecule has 3 rings (SSSR count). The fourth-order valence-electron chi connectivity index (χ4n) is 2.19. The Morgan fingerprint density at radius 1 is 1.25 bits per heavy atom. The largest absolute Gasteiger partial charge is 0.295 e. The summed E-state index contributed by atoms with van der Waals surface area (Å²) in [5, 5.41) is 6.85. The summed E-state index contributed by atoms with van der Waals surface area (Å²) in [6, 6.07) is 12.5. The Morgan fingerprint density at radius 2 is 2.04 bits per heavy atom. The number of hydrogen-bond donors (Lipinski definition) is 2. The lowest BCUT2D eigenvalue weighted by atomic mass is 10.3. The van der Waals surface area contributed by atoms with E-state index in [0.29, 0.717) is 16.8 Å². The highest BCUT2D eigenvalue weighted by atomic mass is 16.2. The number of aromatic nitrogens is 3. The van der Waals surface area contributed by atoms with Crippen LogP contribution in [0.15, 0.2) is 64.8 Å². The normalized spacial score (nSPS) is 10.9. The number of aryl methyl sites for hydroxylation is 1. The number of para-hydroxylation sites is 1. The molecule has 0 bridgehead atoms. The molecule has 0 radical (unpaired) electrons. The van der Waals surface area contributed by atoms with Gasteiger partial charge in [-0.15, -0.1) is 0 Å². The zero-order valence-corrected chi connectivity index (χ0v) is 12.9. The first-order chi connectivity index (χ1) is 11.7. The molecule has 0 aliphatic heterocycles. The number of rotatable bonds is 4. The van der Waals surface area contributed by atoms with Crippen LogP contribution in [-0.2, 0) is 0 Å². The van der Waals surface area contributed by atoms with Gasteiger partial charge in [0.2, 0.25) is 0 Å². The Labute approximate surface area is 137 Å². The second-order valence-corrected chi connectivity index (χ2v) is 5.07. The van der Waals surface area contributed by atoms with E-state index in [1.807, 2.05) is 30.3 Å². The van der Waals surface area contributed by atoms with Crippen LogP contribution in [0.25, 0.3) is 5.69 Å². The molecule has 0 unspecified atom stereocenters. The molecule has 1 amide bonds. The van der Waals surface area contributed by atoms with E-state index >= 15 is 0 Å². The fourth-order valence-corrected chi connectivity index (χ4v) is 2.19. The highest BCUT2D eigenvalue weighted by Gasteiger charge is 2.10. The van der Waals surface area contributed by atoms with Gasteiger partial charge in [0.25, 0.3) is 11.5 Å². The molecule has 2 N–H and O–H groups in total. The second-order valence-electron chi connectivity index (χ2n) is 5.07. The first kappa shape index (κ1) is 15.4. The molecule has 7 heteroatoms. The minimum absolute atomic E-state index is 0.238. The van der Waals surface area contributed by atoms with Crippen molar-refractivity contribution in [1.29, 1.82) is 0 Å². The second kappa shape index (κ2) is 6.74. The molecule has 0 saturated heterocycles. The molecule has 2 aromatic heterocycles. The number of carbonyl (C=O) groups excluding carboxylic acids is 1. The molecule has 0 saturated carbocycles. The van der Waals surface area contributed by atoms with Crippen LogP contribution in [0.4, 0.5) is 0 Å². The zero-order valence-electron chi connectivity index (χ0n) is 12.9. The Bertz CT molecular complexity index is 927. The van der Waals surface area contributed by atoms with Gasteiger partial charge >= 0.3 is 0 Å². The van der Waals surface area contributed by atoms with Crippen molar-refractivity contribution in [2.24, 2.45) is 5.10 Å². The van der Waals surface area contributed by atoms with Crippen LogP contribution < -0.4 is 11.0 Å². The molecule has 3 aromatic rings. The summed E-state index contributed by atoms with van der Waals surface area (Å²) in [6.07, 6.45) is 4.35. The first-order valence-electron chi connectivity index (χ1n) is 7.27. The Morgan fingerprint density at radius 3 is 2.75 bits per heavy atom. The summed E-state index contributed by atoms with van der Waals surface area (Å²) in [7, 11) is 0. The van der Waals surface area contributed by atoms with Crippen LogP contribution in [0.5, 0.6) is 0 Å². The molecule has 120 valence electrons. The fraction of sp³-hybridized carbons (Fsp3) is 0.0588. The van der Waals surface area contributed by atoms with Gasteiger partial charge in [0.05, 0.1) is 23.0 Å². The zero-order chi connectivity index (χ0) is 16.9. The molecular weight excluding hydrogens is 306 g/mol. The van der Waals surface area contributed by atoms with Gasteiger partial charge in [0, 0.05) is 18.1 Å².